The van der Waals surface area contributed by atoms with E-state index >= 15 is 0 Å². The average Bonchev–Trinajstić information content (AvgIpc) is 2.98. The van der Waals surface area contributed by atoms with E-state index in [1.54, 1.807) is 6.92 Å². The van der Waals surface area contributed by atoms with Gasteiger partial charge in [0.25, 0.3) is 11.6 Å². The predicted molar refractivity (Wildman–Crippen MR) is 78.2 cm³/mol. The summed E-state index contributed by atoms with van der Waals surface area (Å²) >= 11 is 0. The molecule has 7 heteroatoms. The lowest BCUT2D eigenvalue weighted by molar-refractivity contribution is -0.385. The highest BCUT2D eigenvalue weighted by molar-refractivity contribution is 5.96. The van der Waals surface area contributed by atoms with E-state index in [1.807, 2.05) is 11.8 Å². The first-order chi connectivity index (χ1) is 10.0. The maximum absolute atomic E-state index is 12.8. The Morgan fingerprint density at radius 3 is 2.95 bits per heavy atom. The molecule has 0 aromatic carbocycles. The monoisotopic (exact) mass is 292 g/mol. The van der Waals surface area contributed by atoms with Crippen LogP contribution in [-0.4, -0.2) is 46.4 Å². The van der Waals surface area contributed by atoms with Crippen molar-refractivity contribution in [3.63, 3.8) is 0 Å². The molecule has 2 rings (SSSR count). The molecule has 1 saturated heterocycles. The first-order valence-electron chi connectivity index (χ1n) is 7.17. The van der Waals surface area contributed by atoms with Crippen LogP contribution in [0, 0.1) is 17.0 Å². The third-order valence-electron chi connectivity index (χ3n) is 3.71. The largest absolute Gasteiger partial charge is 0.334 e. The Kier molecular flexibility index (Phi) is 4.85. The molecule has 114 valence electrons. The van der Waals surface area contributed by atoms with Gasteiger partial charge in [0.1, 0.15) is 6.20 Å². The number of nitro groups is 1. The molecule has 0 spiro atoms. The summed E-state index contributed by atoms with van der Waals surface area (Å²) < 4.78 is 0. The van der Waals surface area contributed by atoms with Crippen molar-refractivity contribution in [2.24, 2.45) is 0 Å². The van der Waals surface area contributed by atoms with Crippen LogP contribution in [0.15, 0.2) is 12.3 Å². The van der Waals surface area contributed by atoms with E-state index in [4.69, 9.17) is 0 Å². The van der Waals surface area contributed by atoms with Crippen molar-refractivity contribution >= 4 is 11.6 Å². The lowest BCUT2D eigenvalue weighted by Gasteiger charge is -2.28. The topological polar surface area (TPSA) is 88.4 Å². The molecule has 1 atom stereocenters. The minimum Gasteiger partial charge on any atom is -0.334 e. The summed E-state index contributed by atoms with van der Waals surface area (Å²) in [6.07, 6.45) is 2.95. The number of rotatable bonds is 5. The van der Waals surface area contributed by atoms with Gasteiger partial charge in [0.05, 0.1) is 16.2 Å². The zero-order valence-electron chi connectivity index (χ0n) is 12.3. The molecule has 2 heterocycles. The number of carbonyl (C=O) groups is 1. The van der Waals surface area contributed by atoms with E-state index in [-0.39, 0.29) is 17.6 Å². The van der Waals surface area contributed by atoms with E-state index in [0.717, 1.165) is 25.9 Å². The van der Waals surface area contributed by atoms with Crippen LogP contribution in [0.4, 0.5) is 5.69 Å². The lowest BCUT2D eigenvalue weighted by Crippen LogP contribution is -2.42. The Morgan fingerprint density at radius 1 is 1.62 bits per heavy atom. The predicted octanol–water partition coefficient (Wildman–Crippen LogP) is 1.51. The molecule has 7 nitrogen and oxygen atoms in total. The normalized spacial score (nSPS) is 17.7. The highest BCUT2D eigenvalue weighted by atomic mass is 16.6. The van der Waals surface area contributed by atoms with Gasteiger partial charge in [-0.1, -0.05) is 6.92 Å². The maximum atomic E-state index is 12.8. The third-order valence-corrected chi connectivity index (χ3v) is 3.71. The van der Waals surface area contributed by atoms with Crippen molar-refractivity contribution in [3.05, 3.63) is 33.6 Å². The summed E-state index contributed by atoms with van der Waals surface area (Å²) in [5, 5.41) is 14.1. The van der Waals surface area contributed by atoms with E-state index in [9.17, 15) is 14.9 Å². The molecule has 1 aromatic rings. The number of hydrogen-bond acceptors (Lipinski definition) is 5. The third kappa shape index (κ3) is 3.36. The summed E-state index contributed by atoms with van der Waals surface area (Å²) in [5.74, 6) is -0.167. The molecule has 0 saturated carbocycles. The maximum Gasteiger partial charge on any atom is 0.288 e. The summed E-state index contributed by atoms with van der Waals surface area (Å²) in [5.41, 5.74) is 0.701. The Morgan fingerprint density at radius 2 is 2.38 bits per heavy atom. The standard InChI is InChI=1S/C14H20N4O3/c1-3-6-17(11-4-5-15-8-11)14(19)13-7-12(18(20)21)9-16-10(13)2/h7,9,11,15H,3-6,8H2,1-2H3. The van der Waals surface area contributed by atoms with Gasteiger partial charge in [0.15, 0.2) is 0 Å². The molecule has 0 bridgehead atoms. The zero-order valence-corrected chi connectivity index (χ0v) is 12.3. The van der Waals surface area contributed by atoms with Gasteiger partial charge in [0.2, 0.25) is 0 Å². The van der Waals surface area contributed by atoms with Gasteiger partial charge in [0, 0.05) is 25.2 Å². The fourth-order valence-electron chi connectivity index (χ4n) is 2.59. The second-order valence-corrected chi connectivity index (χ2v) is 5.23. The number of nitrogens with zero attached hydrogens (tertiary/aromatic N) is 3. The molecule has 1 aromatic heterocycles. The van der Waals surface area contributed by atoms with Crippen molar-refractivity contribution in [1.29, 1.82) is 0 Å². The number of hydrogen-bond donors (Lipinski definition) is 1. The van der Waals surface area contributed by atoms with Crippen LogP contribution in [0.5, 0.6) is 0 Å². The van der Waals surface area contributed by atoms with E-state index in [2.05, 4.69) is 10.3 Å². The van der Waals surface area contributed by atoms with Gasteiger partial charge in [-0.05, 0) is 26.3 Å². The van der Waals surface area contributed by atoms with Gasteiger partial charge in [-0.2, -0.15) is 0 Å². The molecule has 1 unspecified atom stereocenters. The fraction of sp³-hybridized carbons (Fsp3) is 0.571. The van der Waals surface area contributed by atoms with E-state index < -0.39 is 4.92 Å². The van der Waals surface area contributed by atoms with Gasteiger partial charge in [-0.3, -0.25) is 19.9 Å². The quantitative estimate of drug-likeness (QED) is 0.656. The average molecular weight is 292 g/mol. The second-order valence-electron chi connectivity index (χ2n) is 5.23. The molecule has 1 N–H and O–H groups in total. The Hall–Kier alpha value is -2.02. The number of pyridine rings is 1. The summed E-state index contributed by atoms with van der Waals surface area (Å²) in [4.78, 5) is 28.9. The number of carbonyl (C=O) groups excluding carboxylic acids is 1. The number of amides is 1. The van der Waals surface area contributed by atoms with Crippen molar-refractivity contribution in [3.8, 4) is 0 Å². The number of aromatic nitrogens is 1. The van der Waals surface area contributed by atoms with E-state index in [1.165, 1.54) is 12.3 Å². The van der Waals surface area contributed by atoms with Gasteiger partial charge in [-0.15, -0.1) is 0 Å². The molecule has 1 aliphatic rings. The number of aryl methyl sites for hydroxylation is 1. The van der Waals surface area contributed by atoms with Crippen LogP contribution >= 0.6 is 0 Å². The van der Waals surface area contributed by atoms with Crippen LogP contribution in [0.2, 0.25) is 0 Å². The molecule has 1 amide bonds. The molecule has 21 heavy (non-hydrogen) atoms. The van der Waals surface area contributed by atoms with Gasteiger partial charge in [-0.25, -0.2) is 0 Å². The van der Waals surface area contributed by atoms with Crippen molar-refractivity contribution in [1.82, 2.24) is 15.2 Å². The number of nitrogens with one attached hydrogen (secondary N) is 1. The van der Waals surface area contributed by atoms with Crippen LogP contribution in [0.1, 0.15) is 35.8 Å². The Balaban J connectivity index is 2.31. The Bertz CT molecular complexity index is 541. The molecule has 1 fully saturated rings. The minimum atomic E-state index is -0.523. The van der Waals surface area contributed by atoms with Crippen LogP contribution in [0.25, 0.3) is 0 Å². The van der Waals surface area contributed by atoms with Crippen LogP contribution in [-0.2, 0) is 0 Å². The summed E-state index contributed by atoms with van der Waals surface area (Å²) in [7, 11) is 0. The van der Waals surface area contributed by atoms with Crippen molar-refractivity contribution < 1.29 is 9.72 Å². The van der Waals surface area contributed by atoms with Gasteiger partial charge >= 0.3 is 0 Å². The first kappa shape index (κ1) is 15.4. The molecule has 0 radical (unpaired) electrons. The van der Waals surface area contributed by atoms with Crippen LogP contribution in [0.3, 0.4) is 0 Å². The van der Waals surface area contributed by atoms with Crippen LogP contribution < -0.4 is 5.32 Å². The zero-order chi connectivity index (χ0) is 15.4. The molecule has 1 aliphatic heterocycles. The van der Waals surface area contributed by atoms with Gasteiger partial charge < -0.3 is 10.2 Å². The summed E-state index contributed by atoms with van der Waals surface area (Å²) in [6, 6.07) is 1.48. The minimum absolute atomic E-state index is 0.148. The van der Waals surface area contributed by atoms with Crippen molar-refractivity contribution in [2.75, 3.05) is 19.6 Å². The molecule has 0 aliphatic carbocycles. The smallest absolute Gasteiger partial charge is 0.288 e. The fourth-order valence-corrected chi connectivity index (χ4v) is 2.59. The highest BCUT2D eigenvalue weighted by Gasteiger charge is 2.28. The highest BCUT2D eigenvalue weighted by Crippen LogP contribution is 2.19. The Labute approximate surface area is 123 Å². The summed E-state index contributed by atoms with van der Waals surface area (Å²) in [6.45, 7) is 6.03. The lowest BCUT2D eigenvalue weighted by atomic mass is 10.1. The van der Waals surface area contributed by atoms with E-state index in [0.29, 0.717) is 17.8 Å². The second kappa shape index (κ2) is 6.62. The SMILES string of the molecule is CCCN(C(=O)c1cc([N+](=O)[O-])cnc1C)C1CCNC1. The molecular weight excluding hydrogens is 272 g/mol. The first-order valence-corrected chi connectivity index (χ1v) is 7.17. The molecular formula is C14H20N4O3. The van der Waals surface area contributed by atoms with Crippen molar-refractivity contribution in [2.45, 2.75) is 32.7 Å².